The zero-order chi connectivity index (χ0) is 13.2. The van der Waals surface area contributed by atoms with Gasteiger partial charge in [-0.2, -0.15) is 4.37 Å². The van der Waals surface area contributed by atoms with Crippen LogP contribution in [-0.2, 0) is 0 Å². The summed E-state index contributed by atoms with van der Waals surface area (Å²) in [4.78, 5) is 2.40. The second-order valence-corrected chi connectivity index (χ2v) is 6.20. The quantitative estimate of drug-likeness (QED) is 0.800. The average Bonchev–Trinajstić information content (AvgIpc) is 2.83. The summed E-state index contributed by atoms with van der Waals surface area (Å²) in [5, 5.41) is 1.13. The highest BCUT2D eigenvalue weighted by Crippen LogP contribution is 2.34. The molecule has 1 aliphatic heterocycles. The van der Waals surface area contributed by atoms with Gasteiger partial charge in [-0.05, 0) is 55.7 Å². The number of likely N-dealkylation sites (tertiary alicyclic amines) is 1. The van der Waals surface area contributed by atoms with Crippen molar-refractivity contribution >= 4 is 33.2 Å². The summed E-state index contributed by atoms with van der Waals surface area (Å²) < 4.78 is 18.7. The minimum atomic E-state index is -0.181. The van der Waals surface area contributed by atoms with E-state index < -0.39 is 0 Å². The molecule has 2 aromatic rings. The maximum Gasteiger partial charge on any atom is 0.124 e. The number of alkyl halides is 1. The van der Waals surface area contributed by atoms with Gasteiger partial charge < -0.3 is 4.90 Å². The predicted octanol–water partition coefficient (Wildman–Crippen LogP) is 3.85. The lowest BCUT2D eigenvalue weighted by atomic mass is 9.92. The Bertz CT molecular complexity index is 564. The molecule has 1 aliphatic rings. The molecule has 0 amide bonds. The molecule has 0 bridgehead atoms. The zero-order valence-corrected chi connectivity index (χ0v) is 12.2. The number of halogens is 2. The maximum atomic E-state index is 13.2. The van der Waals surface area contributed by atoms with E-state index in [-0.39, 0.29) is 5.82 Å². The van der Waals surface area contributed by atoms with Crippen LogP contribution in [0, 0.1) is 5.82 Å². The van der Waals surface area contributed by atoms with E-state index in [1.165, 1.54) is 17.6 Å². The van der Waals surface area contributed by atoms with Gasteiger partial charge in [-0.25, -0.2) is 4.39 Å². The van der Waals surface area contributed by atoms with E-state index in [2.05, 4.69) is 9.27 Å². The Kier molecular flexibility index (Phi) is 4.01. The molecule has 2 nitrogen and oxygen atoms in total. The molecule has 0 saturated carbocycles. The van der Waals surface area contributed by atoms with Gasteiger partial charge in [-0.15, -0.1) is 11.6 Å². The smallest absolute Gasteiger partial charge is 0.124 e. The second-order valence-electron chi connectivity index (χ2n) is 5.01. The summed E-state index contributed by atoms with van der Waals surface area (Å²) in [6.45, 7) is 3.13. The Morgan fingerprint density at radius 3 is 2.89 bits per heavy atom. The number of aromatic nitrogens is 1. The first-order chi connectivity index (χ1) is 9.28. The Balaban J connectivity index is 1.78. The topological polar surface area (TPSA) is 16.1 Å². The average molecular weight is 299 g/mol. The standard InChI is InChI=1S/C14H16ClFN2S/c15-5-8-18-6-3-10(4-7-18)14-12-2-1-11(16)9-13(12)19-17-14/h1-2,9-10H,3-8H2. The number of nitrogens with zero attached hydrogens (tertiary/aromatic N) is 2. The molecule has 0 atom stereocenters. The van der Waals surface area contributed by atoms with Gasteiger partial charge >= 0.3 is 0 Å². The normalized spacial score (nSPS) is 18.2. The van der Waals surface area contributed by atoms with Crippen LogP contribution >= 0.6 is 23.1 Å². The molecule has 0 N–H and O–H groups in total. The van der Waals surface area contributed by atoms with E-state index in [4.69, 9.17) is 11.6 Å². The van der Waals surface area contributed by atoms with Crippen molar-refractivity contribution in [1.82, 2.24) is 9.27 Å². The number of hydrogen-bond donors (Lipinski definition) is 0. The summed E-state index contributed by atoms with van der Waals surface area (Å²) >= 11 is 7.18. The molecule has 0 spiro atoms. The van der Waals surface area contributed by atoms with Gasteiger partial charge in [0.2, 0.25) is 0 Å². The van der Waals surface area contributed by atoms with E-state index in [0.29, 0.717) is 11.8 Å². The molecule has 0 aliphatic carbocycles. The van der Waals surface area contributed by atoms with Gasteiger partial charge in [0.25, 0.3) is 0 Å². The van der Waals surface area contributed by atoms with Crippen LogP contribution in [0.3, 0.4) is 0 Å². The molecule has 1 saturated heterocycles. The largest absolute Gasteiger partial charge is 0.302 e. The van der Waals surface area contributed by atoms with Crippen molar-refractivity contribution in [3.8, 4) is 0 Å². The molecule has 102 valence electrons. The SMILES string of the molecule is Fc1ccc2c(C3CCN(CCCl)CC3)nsc2c1. The van der Waals surface area contributed by atoms with Crippen LogP contribution in [0.5, 0.6) is 0 Å². The fourth-order valence-corrected chi connectivity index (χ4v) is 3.89. The molecule has 0 unspecified atom stereocenters. The first-order valence-electron chi connectivity index (χ1n) is 6.61. The summed E-state index contributed by atoms with van der Waals surface area (Å²) in [5.74, 6) is 1.02. The van der Waals surface area contributed by atoms with Crippen LogP contribution in [0.1, 0.15) is 24.5 Å². The molecule has 1 aromatic heterocycles. The summed E-state index contributed by atoms with van der Waals surface area (Å²) in [6.07, 6.45) is 2.24. The van der Waals surface area contributed by atoms with Crippen LogP contribution in [0.4, 0.5) is 4.39 Å². The maximum absolute atomic E-state index is 13.2. The third-order valence-electron chi connectivity index (χ3n) is 3.84. The van der Waals surface area contributed by atoms with Crippen molar-refractivity contribution in [1.29, 1.82) is 0 Å². The van der Waals surface area contributed by atoms with Crippen molar-refractivity contribution in [2.75, 3.05) is 25.5 Å². The predicted molar refractivity (Wildman–Crippen MR) is 78.7 cm³/mol. The Labute approximate surface area is 121 Å². The molecular formula is C14H16ClFN2S. The first-order valence-corrected chi connectivity index (χ1v) is 7.92. The van der Waals surface area contributed by atoms with Gasteiger partial charge in [0.1, 0.15) is 5.82 Å². The highest BCUT2D eigenvalue weighted by Gasteiger charge is 2.23. The minimum Gasteiger partial charge on any atom is -0.302 e. The van der Waals surface area contributed by atoms with Crippen LogP contribution in [0.15, 0.2) is 18.2 Å². The first kappa shape index (κ1) is 13.3. The van der Waals surface area contributed by atoms with Gasteiger partial charge in [0, 0.05) is 23.7 Å². The lowest BCUT2D eigenvalue weighted by molar-refractivity contribution is 0.223. The van der Waals surface area contributed by atoms with Crippen molar-refractivity contribution in [3.63, 3.8) is 0 Å². The van der Waals surface area contributed by atoms with Gasteiger partial charge in [-0.3, -0.25) is 0 Å². The molecule has 5 heteroatoms. The monoisotopic (exact) mass is 298 g/mol. The molecule has 19 heavy (non-hydrogen) atoms. The number of hydrogen-bond acceptors (Lipinski definition) is 3. The van der Waals surface area contributed by atoms with Crippen molar-refractivity contribution in [2.45, 2.75) is 18.8 Å². The van der Waals surface area contributed by atoms with Crippen LogP contribution in [0.25, 0.3) is 10.1 Å². The van der Waals surface area contributed by atoms with E-state index >= 15 is 0 Å². The van der Waals surface area contributed by atoms with E-state index in [0.717, 1.165) is 48.3 Å². The summed E-state index contributed by atoms with van der Waals surface area (Å²) in [7, 11) is 0. The number of piperidine rings is 1. The number of rotatable bonds is 3. The van der Waals surface area contributed by atoms with Crippen molar-refractivity contribution < 1.29 is 4.39 Å². The Hall–Kier alpha value is -0.710. The fraction of sp³-hybridized carbons (Fsp3) is 0.500. The molecule has 1 fully saturated rings. The zero-order valence-electron chi connectivity index (χ0n) is 10.6. The van der Waals surface area contributed by atoms with Crippen LogP contribution in [0.2, 0.25) is 0 Å². The van der Waals surface area contributed by atoms with Crippen molar-refractivity contribution in [2.24, 2.45) is 0 Å². The number of benzene rings is 1. The van der Waals surface area contributed by atoms with Crippen molar-refractivity contribution in [3.05, 3.63) is 29.7 Å². The Morgan fingerprint density at radius 2 is 2.16 bits per heavy atom. The van der Waals surface area contributed by atoms with Crippen LogP contribution < -0.4 is 0 Å². The highest BCUT2D eigenvalue weighted by atomic mass is 35.5. The van der Waals surface area contributed by atoms with Gasteiger partial charge in [-0.1, -0.05) is 0 Å². The Morgan fingerprint density at radius 1 is 1.37 bits per heavy atom. The molecule has 0 radical (unpaired) electrons. The van der Waals surface area contributed by atoms with E-state index in [1.807, 2.05) is 6.07 Å². The summed E-state index contributed by atoms with van der Waals surface area (Å²) in [5.41, 5.74) is 1.16. The summed E-state index contributed by atoms with van der Waals surface area (Å²) in [6, 6.07) is 4.98. The number of fused-ring (bicyclic) bond motifs is 1. The van der Waals surface area contributed by atoms with Gasteiger partial charge in [0.15, 0.2) is 0 Å². The minimum absolute atomic E-state index is 0.181. The third-order valence-corrected chi connectivity index (χ3v) is 4.83. The highest BCUT2D eigenvalue weighted by molar-refractivity contribution is 7.13. The second kappa shape index (κ2) is 5.73. The van der Waals surface area contributed by atoms with E-state index in [1.54, 1.807) is 6.07 Å². The fourth-order valence-electron chi connectivity index (χ4n) is 2.77. The lowest BCUT2D eigenvalue weighted by Gasteiger charge is -2.30. The molecule has 2 heterocycles. The molecule has 1 aromatic carbocycles. The van der Waals surface area contributed by atoms with Gasteiger partial charge in [0.05, 0.1) is 10.4 Å². The lowest BCUT2D eigenvalue weighted by Crippen LogP contribution is -2.34. The molecule has 3 rings (SSSR count). The van der Waals surface area contributed by atoms with Crippen LogP contribution in [-0.4, -0.2) is 34.8 Å². The van der Waals surface area contributed by atoms with E-state index in [9.17, 15) is 4.39 Å². The molecular weight excluding hydrogens is 283 g/mol. The third kappa shape index (κ3) is 2.76.